The fourth-order valence-corrected chi connectivity index (χ4v) is 7.68. The summed E-state index contributed by atoms with van der Waals surface area (Å²) in [6.45, 7) is 5.82. The number of aromatic nitrogens is 4. The molecule has 2 aromatic carbocycles. The molecule has 1 atom stereocenters. The second-order valence-corrected chi connectivity index (χ2v) is 13.4. The summed E-state index contributed by atoms with van der Waals surface area (Å²) in [7, 11) is 0. The molecular weight excluding hydrogens is 604 g/mol. The van der Waals surface area contributed by atoms with Gasteiger partial charge in [0.1, 0.15) is 5.65 Å². The molecular formula is C35H35ClN6O2S. The molecule has 2 N–H and O–H groups in total. The summed E-state index contributed by atoms with van der Waals surface area (Å²) in [5.74, 6) is 1.87. The number of nitrogens with one attached hydrogen (secondary N) is 2. The Bertz CT molecular complexity index is 1880. The number of rotatable bonds is 7. The number of thioether (sulfide) groups is 1. The Morgan fingerprint density at radius 1 is 1.07 bits per heavy atom. The van der Waals surface area contributed by atoms with Crippen molar-refractivity contribution in [1.29, 1.82) is 0 Å². The Hall–Kier alpha value is -3.76. The van der Waals surface area contributed by atoms with Crippen LogP contribution in [0.2, 0.25) is 5.02 Å². The zero-order valence-corrected chi connectivity index (χ0v) is 26.7. The van der Waals surface area contributed by atoms with Crippen molar-refractivity contribution in [1.82, 2.24) is 24.8 Å². The van der Waals surface area contributed by atoms with Crippen molar-refractivity contribution < 1.29 is 4.74 Å². The number of nitrogens with zero attached hydrogens (tertiary/aromatic N) is 4. The molecule has 0 aliphatic carbocycles. The lowest BCUT2D eigenvalue weighted by molar-refractivity contribution is 0.0851. The first kappa shape index (κ1) is 29.9. The predicted octanol–water partition coefficient (Wildman–Crippen LogP) is 6.88. The molecule has 0 spiro atoms. The van der Waals surface area contributed by atoms with Crippen LogP contribution in [0.15, 0.2) is 78.0 Å². The van der Waals surface area contributed by atoms with Gasteiger partial charge in [-0.25, -0.2) is 4.98 Å². The summed E-state index contributed by atoms with van der Waals surface area (Å²) in [4.78, 5) is 28.4. The first-order valence-corrected chi connectivity index (χ1v) is 16.8. The number of aryl methyl sites for hydroxylation is 1. The Balaban J connectivity index is 1.29. The van der Waals surface area contributed by atoms with E-state index in [0.717, 1.165) is 72.7 Å². The van der Waals surface area contributed by atoms with Crippen molar-refractivity contribution in [2.45, 2.75) is 37.5 Å². The highest BCUT2D eigenvalue weighted by Gasteiger charge is 2.22. The number of fused-ring (bicyclic) bond motifs is 1. The van der Waals surface area contributed by atoms with E-state index in [2.05, 4.69) is 44.9 Å². The van der Waals surface area contributed by atoms with Gasteiger partial charge in [-0.2, -0.15) is 16.7 Å². The highest BCUT2D eigenvalue weighted by Crippen LogP contribution is 2.33. The molecule has 45 heavy (non-hydrogen) atoms. The maximum atomic E-state index is 14.4. The minimum Gasteiger partial charge on any atom is -0.381 e. The van der Waals surface area contributed by atoms with Crippen LogP contribution in [0.4, 0.5) is 11.6 Å². The van der Waals surface area contributed by atoms with Crippen LogP contribution in [0.25, 0.3) is 22.2 Å². The van der Waals surface area contributed by atoms with Crippen LogP contribution in [0.5, 0.6) is 0 Å². The van der Waals surface area contributed by atoms with Crippen LogP contribution in [-0.4, -0.2) is 51.6 Å². The van der Waals surface area contributed by atoms with E-state index in [0.29, 0.717) is 45.5 Å². The number of ether oxygens (including phenoxy) is 1. The van der Waals surface area contributed by atoms with E-state index in [1.165, 1.54) is 5.56 Å². The Kier molecular flexibility index (Phi) is 8.85. The first-order chi connectivity index (χ1) is 22.0. The van der Waals surface area contributed by atoms with Crippen LogP contribution < -0.4 is 16.2 Å². The predicted molar refractivity (Wildman–Crippen MR) is 183 cm³/mol. The summed E-state index contributed by atoms with van der Waals surface area (Å²) < 4.78 is 7.38. The molecule has 5 aromatic rings. The third kappa shape index (κ3) is 6.49. The molecule has 230 valence electrons. The maximum Gasteiger partial charge on any atom is 0.260 e. The van der Waals surface area contributed by atoms with Crippen molar-refractivity contribution in [3.05, 3.63) is 111 Å². The number of pyridine rings is 2. The molecule has 0 bridgehead atoms. The van der Waals surface area contributed by atoms with Gasteiger partial charge in [0.05, 0.1) is 6.54 Å². The zero-order chi connectivity index (χ0) is 30.8. The van der Waals surface area contributed by atoms with E-state index in [1.54, 1.807) is 17.0 Å². The van der Waals surface area contributed by atoms with E-state index in [-0.39, 0.29) is 5.56 Å². The van der Waals surface area contributed by atoms with E-state index in [9.17, 15) is 4.79 Å². The molecule has 7 rings (SSSR count). The monoisotopic (exact) mass is 638 g/mol. The Morgan fingerprint density at radius 2 is 1.91 bits per heavy atom. The van der Waals surface area contributed by atoms with E-state index in [1.807, 2.05) is 55.2 Å². The summed E-state index contributed by atoms with van der Waals surface area (Å²) in [5, 5.41) is 8.57. The molecule has 5 heterocycles. The van der Waals surface area contributed by atoms with Gasteiger partial charge < -0.3 is 15.4 Å². The largest absolute Gasteiger partial charge is 0.381 e. The minimum atomic E-state index is -0.157. The molecule has 0 amide bonds. The topological polar surface area (TPSA) is 94.0 Å². The average molecular weight is 639 g/mol. The number of halogens is 1. The van der Waals surface area contributed by atoms with Crippen LogP contribution in [0, 0.1) is 6.92 Å². The normalized spacial score (nSPS) is 17.4. The van der Waals surface area contributed by atoms with Crippen molar-refractivity contribution in [3.63, 3.8) is 0 Å². The molecule has 2 aliphatic heterocycles. The van der Waals surface area contributed by atoms with Gasteiger partial charge in [-0.05, 0) is 78.3 Å². The van der Waals surface area contributed by atoms with Crippen LogP contribution >= 0.6 is 23.4 Å². The van der Waals surface area contributed by atoms with Gasteiger partial charge >= 0.3 is 0 Å². The lowest BCUT2D eigenvalue weighted by Crippen LogP contribution is -2.28. The smallest absolute Gasteiger partial charge is 0.260 e. The molecule has 1 unspecified atom stereocenters. The van der Waals surface area contributed by atoms with E-state index in [4.69, 9.17) is 21.3 Å². The average Bonchev–Trinajstić information content (AvgIpc) is 3.08. The van der Waals surface area contributed by atoms with Gasteiger partial charge in [0.25, 0.3) is 5.56 Å². The highest BCUT2D eigenvalue weighted by atomic mass is 35.5. The number of anilines is 2. The SMILES string of the molecule is Cc1ccc(-c2cc3cnc(Nc4ccc(C5CNCCS5)cc4)nc3n(Cc3ccncc3C3CCOCC3)c2=O)c(Cl)c1. The number of hydrogen-bond donors (Lipinski definition) is 2. The molecule has 0 saturated carbocycles. The Morgan fingerprint density at radius 3 is 2.69 bits per heavy atom. The van der Waals surface area contributed by atoms with Crippen LogP contribution in [0.3, 0.4) is 0 Å². The van der Waals surface area contributed by atoms with Crippen molar-refractivity contribution in [3.8, 4) is 11.1 Å². The highest BCUT2D eigenvalue weighted by molar-refractivity contribution is 7.99. The molecule has 10 heteroatoms. The van der Waals surface area contributed by atoms with Crippen molar-refractivity contribution in [2.24, 2.45) is 0 Å². The van der Waals surface area contributed by atoms with Gasteiger partial charge in [0.2, 0.25) is 5.95 Å². The minimum absolute atomic E-state index is 0.157. The second kappa shape index (κ2) is 13.3. The van der Waals surface area contributed by atoms with Crippen LogP contribution in [0.1, 0.15) is 46.3 Å². The van der Waals surface area contributed by atoms with Gasteiger partial charge in [-0.3, -0.25) is 14.3 Å². The number of benzene rings is 2. The maximum absolute atomic E-state index is 14.4. The molecule has 2 aliphatic rings. The second-order valence-electron chi connectivity index (χ2n) is 11.7. The lowest BCUT2D eigenvalue weighted by Gasteiger charge is -2.24. The standard InChI is InChI=1S/C35H35ClN6O2S/c1-22-2-7-28(31(36)16-22)29-17-26-18-39-35(40-27-5-3-24(4-6-27)32-20-38-12-15-45-32)41-33(26)42(34(29)43)21-25-8-11-37-19-30(25)23-9-13-44-14-10-23/h2-8,11,16-19,23,32,38H,9-10,12-15,20-21H2,1H3,(H,39,40,41). The number of hydrogen-bond acceptors (Lipinski definition) is 8. The zero-order valence-electron chi connectivity index (χ0n) is 25.1. The van der Waals surface area contributed by atoms with Crippen molar-refractivity contribution >= 4 is 46.0 Å². The fourth-order valence-electron chi connectivity index (χ4n) is 6.21. The summed E-state index contributed by atoms with van der Waals surface area (Å²) in [6, 6.07) is 18.1. The summed E-state index contributed by atoms with van der Waals surface area (Å²) in [6.07, 6.45) is 7.36. The summed E-state index contributed by atoms with van der Waals surface area (Å²) >= 11 is 8.67. The third-order valence-corrected chi connectivity index (χ3v) is 10.2. The first-order valence-electron chi connectivity index (χ1n) is 15.4. The Labute approximate surface area is 271 Å². The van der Waals surface area contributed by atoms with Gasteiger partial charge in [-0.1, -0.05) is 35.9 Å². The molecule has 3 aromatic heterocycles. The quantitative estimate of drug-likeness (QED) is 0.199. The summed E-state index contributed by atoms with van der Waals surface area (Å²) in [5.41, 5.74) is 7.02. The molecule has 2 fully saturated rings. The molecule has 8 nitrogen and oxygen atoms in total. The fraction of sp³-hybridized carbons (Fsp3) is 0.314. The van der Waals surface area contributed by atoms with Gasteiger partial charge in [0.15, 0.2) is 0 Å². The molecule has 0 radical (unpaired) electrons. The van der Waals surface area contributed by atoms with Crippen LogP contribution in [-0.2, 0) is 11.3 Å². The molecule has 2 saturated heterocycles. The van der Waals surface area contributed by atoms with Crippen molar-refractivity contribution in [2.75, 3.05) is 37.4 Å². The third-order valence-electron chi connectivity index (χ3n) is 8.64. The van der Waals surface area contributed by atoms with Gasteiger partial charge in [-0.15, -0.1) is 0 Å². The van der Waals surface area contributed by atoms with Gasteiger partial charge in [0, 0.05) is 83.1 Å². The lowest BCUT2D eigenvalue weighted by atomic mass is 9.89. The van der Waals surface area contributed by atoms with E-state index < -0.39 is 0 Å². The van der Waals surface area contributed by atoms with E-state index >= 15 is 0 Å².